The van der Waals surface area contributed by atoms with Gasteiger partial charge in [0.15, 0.2) is 0 Å². The average Bonchev–Trinajstić information content (AvgIpc) is 2.66. The van der Waals surface area contributed by atoms with Gasteiger partial charge in [-0.2, -0.15) is 0 Å². The first-order valence-electron chi connectivity index (χ1n) is 6.00. The van der Waals surface area contributed by atoms with Gasteiger partial charge in [-0.3, -0.25) is 0 Å². The fourth-order valence-electron chi connectivity index (χ4n) is 1.28. The van der Waals surface area contributed by atoms with Crippen LogP contribution in [0.3, 0.4) is 0 Å². The van der Waals surface area contributed by atoms with E-state index >= 15 is 0 Å². The summed E-state index contributed by atoms with van der Waals surface area (Å²) < 4.78 is 0. The molecule has 1 aromatic rings. The molecular formula is C13H25N3S. The Morgan fingerprint density at radius 2 is 1.82 bits per heavy atom. The number of nitrogens with two attached hydrogens (primary N) is 1. The molecule has 0 aliphatic rings. The Morgan fingerprint density at radius 3 is 2.24 bits per heavy atom. The SMILES string of the molecule is CC(C)(NCC(C)(C)C(C)(C)N)c1nccs1. The van der Waals surface area contributed by atoms with Crippen molar-refractivity contribution in [3.8, 4) is 0 Å². The summed E-state index contributed by atoms with van der Waals surface area (Å²) in [6.45, 7) is 13.7. The molecule has 3 nitrogen and oxygen atoms in total. The van der Waals surface area contributed by atoms with Crippen LogP contribution in [0.2, 0.25) is 0 Å². The van der Waals surface area contributed by atoms with Crippen molar-refractivity contribution in [3.63, 3.8) is 0 Å². The normalized spacial score (nSPS) is 14.1. The van der Waals surface area contributed by atoms with Crippen LogP contribution in [0.1, 0.15) is 46.6 Å². The van der Waals surface area contributed by atoms with E-state index in [0.29, 0.717) is 0 Å². The summed E-state index contributed by atoms with van der Waals surface area (Å²) in [7, 11) is 0. The van der Waals surface area contributed by atoms with E-state index < -0.39 is 0 Å². The minimum Gasteiger partial charge on any atom is -0.325 e. The maximum absolute atomic E-state index is 6.21. The summed E-state index contributed by atoms with van der Waals surface area (Å²) in [6.07, 6.45) is 1.85. The van der Waals surface area contributed by atoms with Gasteiger partial charge in [0.1, 0.15) is 5.01 Å². The molecule has 4 heteroatoms. The number of aromatic nitrogens is 1. The van der Waals surface area contributed by atoms with Gasteiger partial charge < -0.3 is 11.1 Å². The minimum absolute atomic E-state index is 0.0293. The van der Waals surface area contributed by atoms with Crippen LogP contribution in [0, 0.1) is 5.41 Å². The lowest BCUT2D eigenvalue weighted by Crippen LogP contribution is -2.54. The van der Waals surface area contributed by atoms with E-state index in [9.17, 15) is 0 Å². The first-order valence-corrected chi connectivity index (χ1v) is 6.88. The van der Waals surface area contributed by atoms with Gasteiger partial charge in [0.2, 0.25) is 0 Å². The van der Waals surface area contributed by atoms with Crippen LogP contribution in [0.4, 0.5) is 0 Å². The van der Waals surface area contributed by atoms with Gasteiger partial charge in [0.25, 0.3) is 0 Å². The molecule has 0 saturated carbocycles. The number of nitrogens with zero attached hydrogens (tertiary/aromatic N) is 1. The molecule has 0 spiro atoms. The highest BCUT2D eigenvalue weighted by molar-refractivity contribution is 7.09. The summed E-state index contributed by atoms with van der Waals surface area (Å²) >= 11 is 1.68. The molecule has 0 aromatic carbocycles. The van der Waals surface area contributed by atoms with Crippen LogP contribution < -0.4 is 11.1 Å². The van der Waals surface area contributed by atoms with E-state index in [1.165, 1.54) is 0 Å². The third kappa shape index (κ3) is 3.50. The van der Waals surface area contributed by atoms with Crippen LogP contribution >= 0.6 is 11.3 Å². The molecular weight excluding hydrogens is 230 g/mol. The number of rotatable bonds is 5. The van der Waals surface area contributed by atoms with Crippen LogP contribution in [0.5, 0.6) is 0 Å². The van der Waals surface area contributed by atoms with E-state index in [2.05, 4.69) is 51.8 Å². The quantitative estimate of drug-likeness (QED) is 0.850. The Kier molecular flexibility index (Phi) is 4.01. The topological polar surface area (TPSA) is 50.9 Å². The molecule has 0 amide bonds. The molecule has 1 aromatic heterocycles. The molecule has 0 aliphatic heterocycles. The van der Waals surface area contributed by atoms with E-state index in [4.69, 9.17) is 5.73 Å². The minimum atomic E-state index is -0.209. The van der Waals surface area contributed by atoms with Crippen molar-refractivity contribution in [1.82, 2.24) is 10.3 Å². The third-order valence-electron chi connectivity index (χ3n) is 3.68. The Balaban J connectivity index is 2.68. The molecule has 0 aliphatic carbocycles. The zero-order chi connectivity index (χ0) is 13.3. The highest BCUT2D eigenvalue weighted by atomic mass is 32.1. The Hall–Kier alpha value is -0.450. The van der Waals surface area contributed by atoms with Gasteiger partial charge in [-0.05, 0) is 33.1 Å². The summed E-state index contributed by atoms with van der Waals surface area (Å²) in [5.41, 5.74) is 5.93. The summed E-state index contributed by atoms with van der Waals surface area (Å²) in [5.74, 6) is 0. The molecule has 1 rings (SSSR count). The van der Waals surface area contributed by atoms with Crippen molar-refractivity contribution in [2.45, 2.75) is 52.6 Å². The first kappa shape index (κ1) is 14.6. The van der Waals surface area contributed by atoms with Gasteiger partial charge in [-0.15, -0.1) is 11.3 Å². The smallest absolute Gasteiger partial charge is 0.112 e. The molecule has 17 heavy (non-hydrogen) atoms. The molecule has 0 bridgehead atoms. The van der Waals surface area contributed by atoms with Gasteiger partial charge in [-0.25, -0.2) is 4.98 Å². The van der Waals surface area contributed by atoms with E-state index in [-0.39, 0.29) is 16.5 Å². The molecule has 0 fully saturated rings. The number of hydrogen-bond acceptors (Lipinski definition) is 4. The van der Waals surface area contributed by atoms with Crippen molar-refractivity contribution in [1.29, 1.82) is 0 Å². The van der Waals surface area contributed by atoms with E-state index in [0.717, 1.165) is 11.6 Å². The van der Waals surface area contributed by atoms with Crippen molar-refractivity contribution >= 4 is 11.3 Å². The first-order chi connectivity index (χ1) is 7.56. The standard InChI is InChI=1S/C13H25N3S/c1-11(2,13(5,6)14)9-16-12(3,4)10-15-7-8-17-10/h7-8,16H,9,14H2,1-6H3. The third-order valence-corrected chi connectivity index (χ3v) is 4.78. The predicted molar refractivity (Wildman–Crippen MR) is 75.2 cm³/mol. The number of nitrogens with one attached hydrogen (secondary N) is 1. The van der Waals surface area contributed by atoms with Gasteiger partial charge in [-0.1, -0.05) is 13.8 Å². The van der Waals surface area contributed by atoms with E-state index in [1.807, 2.05) is 11.6 Å². The Morgan fingerprint density at radius 1 is 1.24 bits per heavy atom. The summed E-state index contributed by atoms with van der Waals surface area (Å²) in [6, 6.07) is 0. The molecule has 1 heterocycles. The van der Waals surface area contributed by atoms with Crippen LogP contribution in [0.25, 0.3) is 0 Å². The lowest BCUT2D eigenvalue weighted by molar-refractivity contribution is 0.175. The number of thiazole rings is 1. The van der Waals surface area contributed by atoms with Crippen LogP contribution in [-0.4, -0.2) is 17.1 Å². The highest BCUT2D eigenvalue weighted by Gasteiger charge is 2.35. The lowest BCUT2D eigenvalue weighted by atomic mass is 9.75. The summed E-state index contributed by atoms with van der Waals surface area (Å²) in [4.78, 5) is 4.38. The second-order valence-corrected chi connectivity index (χ2v) is 7.32. The lowest BCUT2D eigenvalue weighted by Gasteiger charge is -2.41. The summed E-state index contributed by atoms with van der Waals surface area (Å²) in [5, 5.41) is 6.70. The van der Waals surface area contributed by atoms with E-state index in [1.54, 1.807) is 11.3 Å². The van der Waals surface area contributed by atoms with Gasteiger partial charge in [0, 0.05) is 23.7 Å². The van der Waals surface area contributed by atoms with Crippen LogP contribution in [-0.2, 0) is 5.54 Å². The molecule has 0 radical (unpaired) electrons. The second-order valence-electron chi connectivity index (χ2n) is 6.42. The maximum Gasteiger partial charge on any atom is 0.112 e. The van der Waals surface area contributed by atoms with Crippen molar-refractivity contribution in [3.05, 3.63) is 16.6 Å². The maximum atomic E-state index is 6.21. The highest BCUT2D eigenvalue weighted by Crippen LogP contribution is 2.29. The van der Waals surface area contributed by atoms with Gasteiger partial charge >= 0.3 is 0 Å². The molecule has 98 valence electrons. The van der Waals surface area contributed by atoms with Crippen molar-refractivity contribution in [2.24, 2.45) is 11.1 Å². The molecule has 3 N–H and O–H groups in total. The Bertz CT molecular complexity index is 347. The second kappa shape index (κ2) is 4.67. The van der Waals surface area contributed by atoms with Gasteiger partial charge in [0.05, 0.1) is 5.54 Å². The van der Waals surface area contributed by atoms with Crippen molar-refractivity contribution in [2.75, 3.05) is 6.54 Å². The fourth-order valence-corrected chi connectivity index (χ4v) is 2.02. The van der Waals surface area contributed by atoms with Crippen molar-refractivity contribution < 1.29 is 0 Å². The fraction of sp³-hybridized carbons (Fsp3) is 0.769. The zero-order valence-corrected chi connectivity index (χ0v) is 12.6. The molecule has 0 atom stereocenters. The number of hydrogen-bond donors (Lipinski definition) is 2. The zero-order valence-electron chi connectivity index (χ0n) is 11.8. The largest absolute Gasteiger partial charge is 0.325 e. The monoisotopic (exact) mass is 255 g/mol. The Labute approximate surface area is 109 Å². The molecule has 0 saturated heterocycles. The predicted octanol–water partition coefficient (Wildman–Crippen LogP) is 2.73. The average molecular weight is 255 g/mol. The van der Waals surface area contributed by atoms with Crippen LogP contribution in [0.15, 0.2) is 11.6 Å². The molecule has 0 unspecified atom stereocenters.